The Morgan fingerprint density at radius 2 is 2.04 bits per heavy atom. The molecule has 5 nitrogen and oxygen atoms in total. The largest absolute Gasteiger partial charge is 0.441 e. The number of benzene rings is 2. The van der Waals surface area contributed by atoms with Gasteiger partial charge in [0.05, 0.1) is 0 Å². The number of nitrogens with one attached hydrogen (secondary N) is 2. The molecule has 1 atom stereocenters. The summed E-state index contributed by atoms with van der Waals surface area (Å²) in [7, 11) is 0. The van der Waals surface area contributed by atoms with Crippen LogP contribution in [-0.4, -0.2) is 16.9 Å². The fraction of sp³-hybridized carbons (Fsp3) is 0.176. The van der Waals surface area contributed by atoms with Crippen molar-refractivity contribution in [2.45, 2.75) is 19.9 Å². The second-order valence-electron chi connectivity index (χ2n) is 5.28. The van der Waals surface area contributed by atoms with Crippen molar-refractivity contribution in [2.75, 3.05) is 10.6 Å². The average Bonchev–Trinajstić information content (AvgIpc) is 2.86. The van der Waals surface area contributed by atoms with Gasteiger partial charge in [-0.15, -0.1) is 0 Å². The Bertz CT molecular complexity index is 860. The van der Waals surface area contributed by atoms with Crippen molar-refractivity contribution in [3.8, 4) is 0 Å². The van der Waals surface area contributed by atoms with Crippen LogP contribution in [0.5, 0.6) is 0 Å². The van der Waals surface area contributed by atoms with E-state index in [2.05, 4.69) is 15.6 Å². The molecule has 0 spiro atoms. The van der Waals surface area contributed by atoms with Crippen LogP contribution in [0.15, 0.2) is 46.9 Å². The summed E-state index contributed by atoms with van der Waals surface area (Å²) in [5.41, 5.74) is 2.96. The van der Waals surface area contributed by atoms with Gasteiger partial charge in [0.15, 0.2) is 11.5 Å². The Labute approximate surface area is 138 Å². The molecule has 0 fully saturated rings. The summed E-state index contributed by atoms with van der Waals surface area (Å²) in [6, 6.07) is 12.2. The van der Waals surface area contributed by atoms with Crippen LogP contribution in [0.1, 0.15) is 12.8 Å². The Morgan fingerprint density at radius 1 is 1.22 bits per heavy atom. The first kappa shape index (κ1) is 15.4. The van der Waals surface area contributed by atoms with Crippen molar-refractivity contribution >= 4 is 40.0 Å². The number of carbonyl (C=O) groups is 1. The molecule has 118 valence electrons. The van der Waals surface area contributed by atoms with Crippen LogP contribution in [0.2, 0.25) is 5.02 Å². The first-order valence-corrected chi connectivity index (χ1v) is 7.59. The van der Waals surface area contributed by atoms with E-state index in [-0.39, 0.29) is 5.91 Å². The zero-order chi connectivity index (χ0) is 16.4. The lowest BCUT2D eigenvalue weighted by Crippen LogP contribution is -2.31. The smallest absolute Gasteiger partial charge is 0.246 e. The van der Waals surface area contributed by atoms with Gasteiger partial charge in [-0.2, -0.15) is 0 Å². The van der Waals surface area contributed by atoms with Gasteiger partial charge in [-0.25, -0.2) is 4.98 Å². The van der Waals surface area contributed by atoms with Crippen LogP contribution in [0.4, 0.5) is 11.4 Å². The van der Waals surface area contributed by atoms with Gasteiger partial charge in [-0.1, -0.05) is 17.7 Å². The quantitative estimate of drug-likeness (QED) is 0.751. The number of aryl methyl sites for hydroxylation is 1. The third-order valence-electron chi connectivity index (χ3n) is 3.36. The molecular weight excluding hydrogens is 314 g/mol. The molecule has 0 bridgehead atoms. The first-order chi connectivity index (χ1) is 11.0. The number of carbonyl (C=O) groups excluding carboxylic acids is 1. The number of halogens is 1. The maximum atomic E-state index is 12.2. The van der Waals surface area contributed by atoms with E-state index in [1.807, 2.05) is 18.2 Å². The normalized spacial score (nSPS) is 12.1. The minimum absolute atomic E-state index is 0.149. The molecule has 0 saturated carbocycles. The van der Waals surface area contributed by atoms with Gasteiger partial charge >= 0.3 is 0 Å². The van der Waals surface area contributed by atoms with Crippen LogP contribution >= 0.6 is 11.6 Å². The number of amides is 1. The molecule has 0 aliphatic carbocycles. The van der Waals surface area contributed by atoms with E-state index in [1.54, 1.807) is 38.1 Å². The molecule has 0 aliphatic rings. The predicted octanol–water partition coefficient (Wildman–Crippen LogP) is 4.23. The molecule has 3 rings (SSSR count). The van der Waals surface area contributed by atoms with E-state index < -0.39 is 6.04 Å². The lowest BCUT2D eigenvalue weighted by Gasteiger charge is -2.15. The molecule has 1 amide bonds. The van der Waals surface area contributed by atoms with Gasteiger partial charge in [0, 0.05) is 23.3 Å². The van der Waals surface area contributed by atoms with E-state index in [0.29, 0.717) is 16.6 Å². The van der Waals surface area contributed by atoms with Crippen LogP contribution in [0.3, 0.4) is 0 Å². The number of fused-ring (bicyclic) bond motifs is 1. The SMILES string of the molecule is Cc1nc2cc(N[C@@H](C)C(=O)Nc3cccc(Cl)c3)ccc2o1. The number of hydrogen-bond acceptors (Lipinski definition) is 4. The zero-order valence-corrected chi connectivity index (χ0v) is 13.5. The van der Waals surface area contributed by atoms with E-state index in [1.165, 1.54) is 0 Å². The van der Waals surface area contributed by atoms with Gasteiger partial charge in [-0.3, -0.25) is 4.79 Å². The summed E-state index contributed by atoms with van der Waals surface area (Å²) >= 11 is 5.91. The molecule has 23 heavy (non-hydrogen) atoms. The highest BCUT2D eigenvalue weighted by atomic mass is 35.5. The topological polar surface area (TPSA) is 67.2 Å². The lowest BCUT2D eigenvalue weighted by molar-refractivity contribution is -0.116. The molecule has 6 heteroatoms. The zero-order valence-electron chi connectivity index (χ0n) is 12.8. The van der Waals surface area contributed by atoms with Crippen LogP contribution in [0, 0.1) is 6.92 Å². The number of rotatable bonds is 4. The van der Waals surface area contributed by atoms with E-state index >= 15 is 0 Å². The minimum Gasteiger partial charge on any atom is -0.441 e. The predicted molar refractivity (Wildman–Crippen MR) is 91.9 cm³/mol. The first-order valence-electron chi connectivity index (χ1n) is 7.21. The van der Waals surface area contributed by atoms with Crippen molar-refractivity contribution in [3.63, 3.8) is 0 Å². The highest BCUT2D eigenvalue weighted by Gasteiger charge is 2.13. The van der Waals surface area contributed by atoms with Crippen molar-refractivity contribution in [1.29, 1.82) is 0 Å². The fourth-order valence-corrected chi connectivity index (χ4v) is 2.45. The van der Waals surface area contributed by atoms with Gasteiger partial charge in [0.1, 0.15) is 11.6 Å². The third-order valence-corrected chi connectivity index (χ3v) is 3.60. The summed E-state index contributed by atoms with van der Waals surface area (Å²) in [4.78, 5) is 16.5. The molecule has 0 aliphatic heterocycles. The Balaban J connectivity index is 1.69. The van der Waals surface area contributed by atoms with E-state index in [4.69, 9.17) is 16.0 Å². The summed E-state index contributed by atoms with van der Waals surface area (Å²) in [5.74, 6) is 0.465. The average molecular weight is 330 g/mol. The third kappa shape index (κ3) is 3.63. The van der Waals surface area contributed by atoms with E-state index in [0.717, 1.165) is 16.8 Å². The van der Waals surface area contributed by atoms with E-state index in [9.17, 15) is 4.79 Å². The Kier molecular flexibility index (Phi) is 4.21. The highest BCUT2D eigenvalue weighted by molar-refractivity contribution is 6.30. The Morgan fingerprint density at radius 3 is 2.83 bits per heavy atom. The standard InChI is InChI=1S/C17H16ClN3O2/c1-10(17(22)21-13-5-3-4-12(18)8-13)19-14-6-7-16-15(9-14)20-11(2)23-16/h3-10,19H,1-2H3,(H,21,22)/t10-/m0/s1. The number of hydrogen-bond donors (Lipinski definition) is 2. The number of aromatic nitrogens is 1. The van der Waals surface area contributed by atoms with Crippen molar-refractivity contribution in [3.05, 3.63) is 53.4 Å². The molecule has 2 aromatic carbocycles. The maximum Gasteiger partial charge on any atom is 0.246 e. The summed E-state index contributed by atoms with van der Waals surface area (Å²) in [5, 5.41) is 6.55. The molecule has 1 heterocycles. The second-order valence-corrected chi connectivity index (χ2v) is 5.72. The molecule has 0 saturated heterocycles. The van der Waals surface area contributed by atoms with Crippen LogP contribution in [-0.2, 0) is 4.79 Å². The van der Waals surface area contributed by atoms with Gasteiger partial charge in [0.2, 0.25) is 5.91 Å². The molecule has 2 N–H and O–H groups in total. The van der Waals surface area contributed by atoms with Crippen molar-refractivity contribution in [2.24, 2.45) is 0 Å². The molecule has 0 radical (unpaired) electrons. The molecular formula is C17H16ClN3O2. The monoisotopic (exact) mass is 329 g/mol. The fourth-order valence-electron chi connectivity index (χ4n) is 2.26. The Hall–Kier alpha value is -2.53. The lowest BCUT2D eigenvalue weighted by atomic mass is 10.2. The number of nitrogens with zero attached hydrogens (tertiary/aromatic N) is 1. The summed E-state index contributed by atoms with van der Waals surface area (Å²) in [6.45, 7) is 3.59. The van der Waals surface area contributed by atoms with Gasteiger partial charge in [-0.05, 0) is 43.3 Å². The second kappa shape index (κ2) is 6.30. The minimum atomic E-state index is -0.417. The number of anilines is 2. The molecule has 1 aromatic heterocycles. The number of oxazole rings is 1. The molecule has 3 aromatic rings. The van der Waals surface area contributed by atoms with Gasteiger partial charge < -0.3 is 15.1 Å². The van der Waals surface area contributed by atoms with Crippen LogP contribution in [0.25, 0.3) is 11.1 Å². The van der Waals surface area contributed by atoms with Crippen molar-refractivity contribution in [1.82, 2.24) is 4.98 Å². The molecule has 0 unspecified atom stereocenters. The van der Waals surface area contributed by atoms with Crippen LogP contribution < -0.4 is 10.6 Å². The van der Waals surface area contributed by atoms with Crippen molar-refractivity contribution < 1.29 is 9.21 Å². The summed E-state index contributed by atoms with van der Waals surface area (Å²) < 4.78 is 5.43. The maximum absolute atomic E-state index is 12.2. The highest BCUT2D eigenvalue weighted by Crippen LogP contribution is 2.20. The van der Waals surface area contributed by atoms with Gasteiger partial charge in [0.25, 0.3) is 0 Å². The summed E-state index contributed by atoms with van der Waals surface area (Å²) in [6.07, 6.45) is 0.